The largest absolute Gasteiger partial charge is 0.504 e. The SMILES string of the molecule is Cc1cc(C)c([N+](=O)[O-])cc1NCc1cccc(O)c1O. The van der Waals surface area contributed by atoms with E-state index in [0.717, 1.165) is 5.56 Å². The monoisotopic (exact) mass is 288 g/mol. The van der Waals surface area contributed by atoms with Crippen molar-refractivity contribution in [3.8, 4) is 11.5 Å². The van der Waals surface area contributed by atoms with Crippen molar-refractivity contribution in [1.29, 1.82) is 0 Å². The van der Waals surface area contributed by atoms with Crippen molar-refractivity contribution >= 4 is 11.4 Å². The summed E-state index contributed by atoms with van der Waals surface area (Å²) in [5, 5.41) is 33.2. The van der Waals surface area contributed by atoms with E-state index in [9.17, 15) is 20.3 Å². The standard InChI is InChI=1S/C15H16N2O4/c1-9-6-10(2)13(17(20)21)7-12(9)16-8-11-4-3-5-14(18)15(11)19/h3-7,16,18-19H,8H2,1-2H3. The van der Waals surface area contributed by atoms with Gasteiger partial charge in [0, 0.05) is 29.4 Å². The number of hydrogen-bond acceptors (Lipinski definition) is 5. The molecule has 3 N–H and O–H groups in total. The average molecular weight is 288 g/mol. The molecule has 0 aliphatic carbocycles. The molecular formula is C15H16N2O4. The fourth-order valence-electron chi connectivity index (χ4n) is 2.14. The van der Waals surface area contributed by atoms with Crippen LogP contribution in [0.1, 0.15) is 16.7 Å². The maximum atomic E-state index is 11.0. The van der Waals surface area contributed by atoms with Crippen molar-refractivity contribution in [2.45, 2.75) is 20.4 Å². The maximum Gasteiger partial charge on any atom is 0.274 e. The van der Waals surface area contributed by atoms with Crippen LogP contribution in [0.15, 0.2) is 30.3 Å². The lowest BCUT2D eigenvalue weighted by atomic mass is 10.1. The van der Waals surface area contributed by atoms with E-state index in [2.05, 4.69) is 5.32 Å². The molecular weight excluding hydrogens is 272 g/mol. The molecule has 0 fully saturated rings. The summed E-state index contributed by atoms with van der Waals surface area (Å²) in [6, 6.07) is 7.89. The van der Waals surface area contributed by atoms with E-state index in [-0.39, 0.29) is 23.7 Å². The first-order valence-electron chi connectivity index (χ1n) is 6.39. The summed E-state index contributed by atoms with van der Waals surface area (Å²) < 4.78 is 0. The van der Waals surface area contributed by atoms with Gasteiger partial charge < -0.3 is 15.5 Å². The van der Waals surface area contributed by atoms with Crippen LogP contribution in [-0.2, 0) is 6.54 Å². The summed E-state index contributed by atoms with van der Waals surface area (Å²) in [7, 11) is 0. The highest BCUT2D eigenvalue weighted by Gasteiger charge is 2.14. The van der Waals surface area contributed by atoms with Crippen LogP contribution in [0, 0.1) is 24.0 Å². The first kappa shape index (κ1) is 14.6. The quantitative estimate of drug-likeness (QED) is 0.456. The van der Waals surface area contributed by atoms with Crippen LogP contribution in [0.2, 0.25) is 0 Å². The van der Waals surface area contributed by atoms with Gasteiger partial charge in [0.2, 0.25) is 0 Å². The van der Waals surface area contributed by atoms with Gasteiger partial charge in [-0.3, -0.25) is 10.1 Å². The minimum Gasteiger partial charge on any atom is -0.504 e. The fraction of sp³-hybridized carbons (Fsp3) is 0.200. The van der Waals surface area contributed by atoms with Gasteiger partial charge in [0.05, 0.1) is 4.92 Å². The normalized spacial score (nSPS) is 10.4. The van der Waals surface area contributed by atoms with Gasteiger partial charge in [-0.25, -0.2) is 0 Å². The summed E-state index contributed by atoms with van der Waals surface area (Å²) in [5.41, 5.74) is 2.65. The molecule has 0 aromatic heterocycles. The third kappa shape index (κ3) is 3.05. The first-order valence-corrected chi connectivity index (χ1v) is 6.39. The molecule has 0 saturated carbocycles. The number of para-hydroxylation sites is 1. The van der Waals surface area contributed by atoms with E-state index in [4.69, 9.17) is 0 Å². The minimum atomic E-state index is -0.425. The summed E-state index contributed by atoms with van der Waals surface area (Å²) >= 11 is 0. The second-order valence-electron chi connectivity index (χ2n) is 4.85. The number of hydrogen-bond donors (Lipinski definition) is 3. The Hall–Kier alpha value is -2.76. The van der Waals surface area contributed by atoms with Crippen LogP contribution >= 0.6 is 0 Å². The van der Waals surface area contributed by atoms with E-state index in [0.29, 0.717) is 16.8 Å². The van der Waals surface area contributed by atoms with E-state index < -0.39 is 4.92 Å². The summed E-state index contributed by atoms with van der Waals surface area (Å²) in [4.78, 5) is 10.5. The highest BCUT2D eigenvalue weighted by atomic mass is 16.6. The summed E-state index contributed by atoms with van der Waals surface area (Å²) in [5.74, 6) is -0.384. The Kier molecular flexibility index (Phi) is 3.98. The molecule has 0 atom stereocenters. The molecule has 0 saturated heterocycles. The number of benzene rings is 2. The number of nitrogens with zero attached hydrogens (tertiary/aromatic N) is 1. The highest BCUT2D eigenvalue weighted by Crippen LogP contribution is 2.30. The third-order valence-electron chi connectivity index (χ3n) is 3.31. The van der Waals surface area contributed by atoms with Gasteiger partial charge in [-0.2, -0.15) is 0 Å². The van der Waals surface area contributed by atoms with Gasteiger partial charge >= 0.3 is 0 Å². The Bertz CT molecular complexity index is 698. The molecule has 0 radical (unpaired) electrons. The molecule has 0 heterocycles. The number of aromatic hydroxyl groups is 2. The van der Waals surface area contributed by atoms with Crippen LogP contribution in [-0.4, -0.2) is 15.1 Å². The summed E-state index contributed by atoms with van der Waals surface area (Å²) in [6.45, 7) is 3.79. The molecule has 0 unspecified atom stereocenters. The van der Waals surface area contributed by atoms with Crippen molar-refractivity contribution in [3.63, 3.8) is 0 Å². The van der Waals surface area contributed by atoms with Gasteiger partial charge in [-0.15, -0.1) is 0 Å². The molecule has 0 bridgehead atoms. The van der Waals surface area contributed by atoms with Gasteiger partial charge in [0.25, 0.3) is 5.69 Å². The Morgan fingerprint density at radius 2 is 1.90 bits per heavy atom. The van der Waals surface area contributed by atoms with Crippen LogP contribution < -0.4 is 5.32 Å². The predicted molar refractivity (Wildman–Crippen MR) is 79.7 cm³/mol. The average Bonchev–Trinajstić information content (AvgIpc) is 2.41. The van der Waals surface area contributed by atoms with Crippen molar-refractivity contribution in [2.75, 3.05) is 5.32 Å². The Morgan fingerprint density at radius 3 is 2.57 bits per heavy atom. The topological polar surface area (TPSA) is 95.6 Å². The zero-order valence-corrected chi connectivity index (χ0v) is 11.8. The zero-order valence-electron chi connectivity index (χ0n) is 11.8. The molecule has 6 nitrogen and oxygen atoms in total. The molecule has 110 valence electrons. The number of nitro groups is 1. The number of anilines is 1. The molecule has 2 aromatic rings. The summed E-state index contributed by atoms with van der Waals surface area (Å²) in [6.07, 6.45) is 0. The number of phenols is 2. The molecule has 0 spiro atoms. The van der Waals surface area contributed by atoms with Gasteiger partial charge in [-0.1, -0.05) is 12.1 Å². The van der Waals surface area contributed by atoms with Crippen LogP contribution in [0.3, 0.4) is 0 Å². The smallest absolute Gasteiger partial charge is 0.274 e. The Balaban J connectivity index is 2.26. The van der Waals surface area contributed by atoms with Crippen LogP contribution in [0.4, 0.5) is 11.4 Å². The van der Waals surface area contributed by atoms with E-state index in [1.807, 2.05) is 6.92 Å². The van der Waals surface area contributed by atoms with E-state index >= 15 is 0 Å². The van der Waals surface area contributed by atoms with Crippen molar-refractivity contribution in [3.05, 3.63) is 57.1 Å². The molecule has 0 amide bonds. The predicted octanol–water partition coefficient (Wildman–Crippen LogP) is 3.23. The van der Waals surface area contributed by atoms with Crippen molar-refractivity contribution in [1.82, 2.24) is 0 Å². The molecule has 0 aliphatic heterocycles. The van der Waals surface area contributed by atoms with Gasteiger partial charge in [0.1, 0.15) is 0 Å². The second kappa shape index (κ2) is 5.70. The fourth-order valence-corrected chi connectivity index (χ4v) is 2.14. The lowest BCUT2D eigenvalue weighted by molar-refractivity contribution is -0.385. The molecule has 2 rings (SSSR count). The maximum absolute atomic E-state index is 11.0. The van der Waals surface area contributed by atoms with Gasteiger partial charge in [0.15, 0.2) is 11.5 Å². The minimum absolute atomic E-state index is 0.0447. The number of nitrogens with one attached hydrogen (secondary N) is 1. The second-order valence-corrected chi connectivity index (χ2v) is 4.85. The molecule has 2 aromatic carbocycles. The number of nitro benzene ring substituents is 1. The van der Waals surface area contributed by atoms with Crippen LogP contribution in [0.25, 0.3) is 0 Å². The number of phenolic OH excluding ortho intramolecular Hbond substituents is 2. The first-order chi connectivity index (χ1) is 9.90. The van der Waals surface area contributed by atoms with Crippen molar-refractivity contribution < 1.29 is 15.1 Å². The van der Waals surface area contributed by atoms with E-state index in [1.54, 1.807) is 25.1 Å². The van der Waals surface area contributed by atoms with Crippen molar-refractivity contribution in [2.24, 2.45) is 0 Å². The Morgan fingerprint density at radius 1 is 1.19 bits per heavy atom. The highest BCUT2D eigenvalue weighted by molar-refractivity contribution is 5.60. The lowest BCUT2D eigenvalue weighted by Crippen LogP contribution is -2.03. The molecule has 21 heavy (non-hydrogen) atoms. The third-order valence-corrected chi connectivity index (χ3v) is 3.31. The number of aryl methyl sites for hydroxylation is 2. The Labute approximate surface area is 121 Å². The van der Waals surface area contributed by atoms with Crippen LogP contribution in [0.5, 0.6) is 11.5 Å². The lowest BCUT2D eigenvalue weighted by Gasteiger charge is -2.12. The van der Waals surface area contributed by atoms with Gasteiger partial charge in [-0.05, 0) is 31.5 Å². The zero-order chi connectivity index (χ0) is 15.6. The molecule has 6 heteroatoms. The molecule has 0 aliphatic rings. The van der Waals surface area contributed by atoms with E-state index in [1.165, 1.54) is 12.1 Å². The number of rotatable bonds is 4.